The second-order valence-electron chi connectivity index (χ2n) is 12.8. The Morgan fingerprint density at radius 3 is 2.09 bits per heavy atom. The SMILES string of the molecule is CC.CC(C)(C)CC(=O)CCC(=O)C1CCCC1.CCC(=O)c1cc(C)c(C2=CCC=C2)cc1C.CCc1cccc(F)c1.[HH].[HH]. The number of hydrogen-bond acceptors (Lipinski definition) is 3. The zero-order chi connectivity index (χ0) is 33.3. The van der Waals surface area contributed by atoms with Crippen LogP contribution in [0.4, 0.5) is 4.39 Å². The lowest BCUT2D eigenvalue weighted by atomic mass is 9.88. The third-order valence-electron chi connectivity index (χ3n) is 7.76. The van der Waals surface area contributed by atoms with Gasteiger partial charge < -0.3 is 0 Å². The van der Waals surface area contributed by atoms with Crippen LogP contribution < -0.4 is 0 Å². The van der Waals surface area contributed by atoms with Gasteiger partial charge in [0.15, 0.2) is 5.78 Å². The van der Waals surface area contributed by atoms with Crippen LogP contribution in [-0.2, 0) is 16.0 Å². The van der Waals surface area contributed by atoms with Gasteiger partial charge in [0.2, 0.25) is 0 Å². The molecule has 2 aliphatic rings. The lowest BCUT2D eigenvalue weighted by molar-refractivity contribution is -0.127. The first-order valence-corrected chi connectivity index (χ1v) is 16.6. The van der Waals surface area contributed by atoms with E-state index in [1.54, 1.807) is 12.1 Å². The van der Waals surface area contributed by atoms with Gasteiger partial charge in [0.1, 0.15) is 17.4 Å². The van der Waals surface area contributed by atoms with Crippen molar-refractivity contribution in [3.8, 4) is 0 Å². The van der Waals surface area contributed by atoms with Crippen molar-refractivity contribution >= 4 is 22.9 Å². The molecule has 246 valence electrons. The van der Waals surface area contributed by atoms with Crippen LogP contribution >= 0.6 is 0 Å². The largest absolute Gasteiger partial charge is 0.300 e. The van der Waals surface area contributed by atoms with Gasteiger partial charge in [-0.15, -0.1) is 0 Å². The molecule has 0 bridgehead atoms. The van der Waals surface area contributed by atoms with Crippen molar-refractivity contribution in [3.05, 3.63) is 88.3 Å². The third-order valence-corrected chi connectivity index (χ3v) is 7.76. The van der Waals surface area contributed by atoms with E-state index in [0.29, 0.717) is 31.5 Å². The van der Waals surface area contributed by atoms with Crippen LogP contribution in [0.3, 0.4) is 0 Å². The highest BCUT2D eigenvalue weighted by Gasteiger charge is 2.23. The fourth-order valence-corrected chi connectivity index (χ4v) is 5.43. The van der Waals surface area contributed by atoms with Crippen molar-refractivity contribution < 1.29 is 21.6 Å². The van der Waals surface area contributed by atoms with Crippen molar-refractivity contribution in [1.82, 2.24) is 0 Å². The second kappa shape index (κ2) is 20.0. The third kappa shape index (κ3) is 14.1. The highest BCUT2D eigenvalue weighted by atomic mass is 19.1. The highest BCUT2D eigenvalue weighted by Crippen LogP contribution is 2.28. The zero-order valence-electron chi connectivity index (χ0n) is 28.9. The number of allylic oxidation sites excluding steroid dienone is 4. The molecule has 2 aliphatic carbocycles. The number of aryl methyl sites for hydroxylation is 3. The number of halogens is 1. The monoisotopic (exact) mass is 608 g/mol. The van der Waals surface area contributed by atoms with Crippen LogP contribution in [0.2, 0.25) is 0 Å². The number of Topliss-reactive ketones (excluding diaryl/α,β-unsaturated/α-hetero) is 3. The molecule has 4 rings (SSSR count). The average Bonchev–Trinajstić information content (AvgIpc) is 3.73. The summed E-state index contributed by atoms with van der Waals surface area (Å²) in [7, 11) is 0. The first-order chi connectivity index (χ1) is 20.8. The second-order valence-corrected chi connectivity index (χ2v) is 12.8. The summed E-state index contributed by atoms with van der Waals surface area (Å²) in [6.45, 7) is 18.2. The summed E-state index contributed by atoms with van der Waals surface area (Å²) in [5, 5.41) is 0. The predicted octanol–water partition coefficient (Wildman–Crippen LogP) is 11.7. The summed E-state index contributed by atoms with van der Waals surface area (Å²) >= 11 is 0. The molecule has 0 heterocycles. The Balaban J connectivity index is 0. The van der Waals surface area contributed by atoms with E-state index < -0.39 is 0 Å². The molecule has 2 aromatic carbocycles. The molecule has 0 amide bonds. The molecule has 4 heteroatoms. The molecule has 0 aliphatic heterocycles. The molecule has 3 nitrogen and oxygen atoms in total. The minimum Gasteiger partial charge on any atom is -0.300 e. The molecule has 1 fully saturated rings. The summed E-state index contributed by atoms with van der Waals surface area (Å²) in [5.74, 6) is 0.906. The van der Waals surface area contributed by atoms with Gasteiger partial charge >= 0.3 is 0 Å². The van der Waals surface area contributed by atoms with Crippen LogP contribution in [0.25, 0.3) is 5.57 Å². The van der Waals surface area contributed by atoms with Crippen molar-refractivity contribution in [1.29, 1.82) is 0 Å². The number of hydrogen-bond donors (Lipinski definition) is 0. The van der Waals surface area contributed by atoms with E-state index in [9.17, 15) is 18.8 Å². The van der Waals surface area contributed by atoms with E-state index in [1.165, 1.54) is 35.6 Å². The molecular weight excluding hydrogens is 547 g/mol. The first kappa shape index (κ1) is 38.9. The maximum Gasteiger partial charge on any atom is 0.162 e. The lowest BCUT2D eigenvalue weighted by Crippen LogP contribution is -2.16. The molecule has 44 heavy (non-hydrogen) atoms. The van der Waals surface area contributed by atoms with Gasteiger partial charge in [-0.05, 0) is 91.0 Å². The fourth-order valence-electron chi connectivity index (χ4n) is 5.43. The number of carbonyl (C=O) groups is 3. The summed E-state index contributed by atoms with van der Waals surface area (Å²) in [6, 6.07) is 10.8. The molecule has 0 N–H and O–H groups in total. The number of ketones is 3. The Morgan fingerprint density at radius 2 is 1.59 bits per heavy atom. The van der Waals surface area contributed by atoms with E-state index in [1.807, 2.05) is 46.8 Å². The predicted molar refractivity (Wildman–Crippen MR) is 189 cm³/mol. The van der Waals surface area contributed by atoms with Gasteiger partial charge in [-0.2, -0.15) is 0 Å². The normalized spacial score (nSPS) is 13.9. The molecule has 0 spiro atoms. The summed E-state index contributed by atoms with van der Waals surface area (Å²) in [4.78, 5) is 35.2. The van der Waals surface area contributed by atoms with Crippen LogP contribution in [0.15, 0.2) is 54.6 Å². The van der Waals surface area contributed by atoms with Crippen molar-refractivity contribution in [2.24, 2.45) is 11.3 Å². The number of carbonyl (C=O) groups excluding carboxylic acids is 3. The maximum atomic E-state index is 12.4. The van der Waals surface area contributed by atoms with Crippen LogP contribution in [0, 0.1) is 31.0 Å². The van der Waals surface area contributed by atoms with Gasteiger partial charge in [-0.25, -0.2) is 4.39 Å². The quantitative estimate of drug-likeness (QED) is 0.266. The minimum absolute atomic E-state index is 0. The first-order valence-electron chi connectivity index (χ1n) is 16.6. The van der Waals surface area contributed by atoms with Crippen LogP contribution in [0.5, 0.6) is 0 Å². The standard InChI is InChI=1S/C16H18O.C14H24O2.C8H9F.C2H6.2H2/c1-4-16(17)15-10-11(2)14(9-12(15)3)13-7-5-6-8-13;1-14(2,3)10-12(15)8-9-13(16)11-6-4-5-7-11;1-2-7-4-3-5-8(9)6-7;1-2;;/h5,7-10H,4,6H2,1-3H3;11H,4-10H2,1-3H3;3-6H,2H2,1H3;1-2H3;2*1H. The Bertz CT molecular complexity index is 1280. The fraction of sp³-hybridized carbons (Fsp3) is 0.525. The molecule has 0 radical (unpaired) electrons. The number of rotatable bonds is 9. The Labute approximate surface area is 270 Å². The summed E-state index contributed by atoms with van der Waals surface area (Å²) in [6.07, 6.45) is 15.0. The molecular formula is C40H61FO3. The Morgan fingerprint density at radius 1 is 0.932 bits per heavy atom. The van der Waals surface area contributed by atoms with E-state index in [-0.39, 0.29) is 31.6 Å². The maximum absolute atomic E-state index is 12.4. The van der Waals surface area contributed by atoms with Crippen molar-refractivity contribution in [3.63, 3.8) is 0 Å². The van der Waals surface area contributed by atoms with E-state index in [0.717, 1.165) is 42.4 Å². The van der Waals surface area contributed by atoms with Crippen molar-refractivity contribution in [2.45, 2.75) is 127 Å². The average molecular weight is 609 g/mol. The summed E-state index contributed by atoms with van der Waals surface area (Å²) < 4.78 is 12.4. The topological polar surface area (TPSA) is 51.2 Å². The molecule has 0 atom stereocenters. The smallest absolute Gasteiger partial charge is 0.162 e. The van der Waals surface area contributed by atoms with Gasteiger partial charge in [0.05, 0.1) is 0 Å². The Hall–Kier alpha value is -3.14. The molecule has 2 aromatic rings. The lowest BCUT2D eigenvalue weighted by Gasteiger charge is -2.16. The van der Waals surface area contributed by atoms with Gasteiger partial charge in [0, 0.05) is 40.0 Å². The van der Waals surface area contributed by atoms with Gasteiger partial charge in [-0.3, -0.25) is 14.4 Å². The van der Waals surface area contributed by atoms with E-state index in [2.05, 4.69) is 52.0 Å². The van der Waals surface area contributed by atoms with E-state index in [4.69, 9.17) is 0 Å². The Kier molecular flexibility index (Phi) is 17.7. The minimum atomic E-state index is -0.144. The van der Waals surface area contributed by atoms with Crippen molar-refractivity contribution in [2.75, 3.05) is 0 Å². The molecule has 0 saturated heterocycles. The highest BCUT2D eigenvalue weighted by molar-refractivity contribution is 5.98. The molecule has 0 unspecified atom stereocenters. The van der Waals surface area contributed by atoms with E-state index >= 15 is 0 Å². The van der Waals surface area contributed by atoms with Crippen LogP contribution in [0.1, 0.15) is 142 Å². The van der Waals surface area contributed by atoms with Gasteiger partial charge in [0.25, 0.3) is 0 Å². The summed E-state index contributed by atoms with van der Waals surface area (Å²) in [5.41, 5.74) is 6.77. The molecule has 0 aromatic heterocycles. The van der Waals surface area contributed by atoms with Crippen LogP contribution in [-0.4, -0.2) is 17.3 Å². The van der Waals surface area contributed by atoms with Gasteiger partial charge in [-0.1, -0.05) is 97.7 Å². The zero-order valence-corrected chi connectivity index (χ0v) is 28.9. The molecule has 1 saturated carbocycles. The number of benzene rings is 2.